The van der Waals surface area contributed by atoms with Crippen LogP contribution in [0.25, 0.3) is 0 Å². The van der Waals surface area contributed by atoms with Crippen molar-refractivity contribution in [3.63, 3.8) is 0 Å². The van der Waals surface area contributed by atoms with Crippen molar-refractivity contribution in [2.75, 3.05) is 0 Å². The lowest BCUT2D eigenvalue weighted by atomic mass is 10.2. The predicted molar refractivity (Wildman–Crippen MR) is 34.5 cm³/mol. The van der Waals surface area contributed by atoms with Gasteiger partial charge in [-0.2, -0.15) is 0 Å². The van der Waals surface area contributed by atoms with E-state index in [0.717, 1.165) is 0 Å². The summed E-state index contributed by atoms with van der Waals surface area (Å²) in [4.78, 5) is 0. The second-order valence-electron chi connectivity index (χ2n) is 1.41. The molecule has 0 aliphatic carbocycles. The highest BCUT2D eigenvalue weighted by Gasteiger charge is 1.94. The van der Waals surface area contributed by atoms with Gasteiger partial charge in [0.25, 0.3) is 2.86 Å². The van der Waals surface area contributed by atoms with Crippen molar-refractivity contribution in [1.29, 1.82) is 2.86 Å². The maximum Gasteiger partial charge on any atom is 0.293 e. The first-order valence-electron chi connectivity index (χ1n) is 5.97. The molecule has 0 heterocycles. The third-order valence-electron chi connectivity index (χ3n) is 0.746. The summed E-state index contributed by atoms with van der Waals surface area (Å²) in [5.74, 6) is -1.28. The summed E-state index contributed by atoms with van der Waals surface area (Å²) in [6, 6.07) is -2.19. The summed E-state index contributed by atoms with van der Waals surface area (Å²) in [6.45, 7) is -2.78. The van der Waals surface area contributed by atoms with E-state index in [1.807, 2.05) is 0 Å². The molecule has 0 aromatic heterocycles. The number of rotatable bonds is 2. The molecule has 1 rings (SSSR count). The van der Waals surface area contributed by atoms with Crippen LogP contribution in [0.3, 0.4) is 0 Å². The number of hydrogen-bond donors (Lipinski definition) is 2. The van der Waals surface area contributed by atoms with Gasteiger partial charge in [-0.1, -0.05) is 6.04 Å². The lowest BCUT2D eigenvalue weighted by molar-refractivity contribution is 0.403. The molecular weight excluding hydrogens is 116 g/mol. The quantitative estimate of drug-likeness (QED) is 0.597. The van der Waals surface area contributed by atoms with Crippen molar-refractivity contribution in [3.05, 3.63) is 23.7 Å². The predicted octanol–water partition coefficient (Wildman–Crippen LogP) is 1.41. The van der Waals surface area contributed by atoms with Gasteiger partial charge in [0.1, 0.15) is 0 Å². The van der Waals surface area contributed by atoms with E-state index in [-0.39, 0.29) is 0 Å². The molecule has 0 unspecified atom stereocenters. The zero-order valence-corrected chi connectivity index (χ0v) is 4.32. The molecule has 0 spiro atoms. The van der Waals surface area contributed by atoms with Crippen molar-refractivity contribution in [2.24, 2.45) is 0 Å². The maximum atomic E-state index is 7.51. The summed E-state index contributed by atoms with van der Waals surface area (Å²) in [7, 11) is 0. The van der Waals surface area contributed by atoms with Gasteiger partial charge in [0.05, 0.1) is 4.11 Å². The second-order valence-corrected chi connectivity index (χ2v) is 1.41. The normalized spacial score (nSPS) is 22.7. The van der Waals surface area contributed by atoms with E-state index >= 15 is 0 Å². The largest absolute Gasteiger partial charge is 0.504 e. The van der Waals surface area contributed by atoms with Gasteiger partial charge in [-0.25, -0.2) is 0 Å². The third kappa shape index (κ3) is 1.13. The van der Waals surface area contributed by atoms with Crippen LogP contribution < -0.4 is 0 Å². The lowest BCUT2D eigenvalue weighted by Gasteiger charge is -1.95. The fraction of sp³-hybridized carbons (Fsp3) is 0.143. The van der Waals surface area contributed by atoms with Gasteiger partial charge in [0, 0.05) is 4.11 Å². The van der Waals surface area contributed by atoms with E-state index in [9.17, 15) is 0 Å². The molecule has 1 aromatic rings. The molecule has 9 heavy (non-hydrogen) atoms. The molecule has 2 heteroatoms. The van der Waals surface area contributed by atoms with Gasteiger partial charge in [0.15, 0.2) is 11.5 Å². The van der Waals surface area contributed by atoms with Crippen molar-refractivity contribution in [3.8, 4) is 11.5 Å². The van der Waals surface area contributed by atoms with Crippen LogP contribution in [-0.4, -0.2) is 13.1 Å². The molecule has 0 saturated carbocycles. The molecular formula is C7H8O2. The van der Waals surface area contributed by atoms with Gasteiger partial charge in [-0.3, -0.25) is 0 Å². The summed E-state index contributed by atoms with van der Waals surface area (Å²) < 4.78 is 57.2. The number of benzene rings is 1. The summed E-state index contributed by atoms with van der Waals surface area (Å²) >= 11 is 0. The Morgan fingerprint density at radius 1 is 1.56 bits per heavy atom. The van der Waals surface area contributed by atoms with E-state index in [1.54, 1.807) is 0 Å². The summed E-state index contributed by atoms with van der Waals surface area (Å²) in [5, 5.41) is 7.99. The van der Waals surface area contributed by atoms with Gasteiger partial charge < -0.3 is 10.2 Å². The van der Waals surface area contributed by atoms with Gasteiger partial charge >= 0.3 is 0 Å². The number of aromatic hydroxyl groups is 2. The fourth-order valence-corrected chi connectivity index (χ4v) is 0.378. The Balaban J connectivity index is 3.71. The van der Waals surface area contributed by atoms with Crippen LogP contribution in [0.15, 0.2) is 18.1 Å². The van der Waals surface area contributed by atoms with Crippen LogP contribution in [0.4, 0.5) is 0 Å². The fourth-order valence-electron chi connectivity index (χ4n) is 0.378. The first-order valence-corrected chi connectivity index (χ1v) is 2.16. The van der Waals surface area contributed by atoms with Crippen molar-refractivity contribution in [2.45, 2.75) is 6.85 Å². The first kappa shape index (κ1) is 1.45. The number of phenols is 2. The second kappa shape index (κ2) is 1.97. The minimum absolute atomic E-state index is 0.622. The number of phenolic OH excluding ortho intramolecular Hbond substituents is 2. The molecule has 2 N–H and O–H groups in total. The highest BCUT2D eigenvalue weighted by molar-refractivity contribution is 5.39. The highest BCUT2D eigenvalue weighted by Crippen LogP contribution is 2.23. The summed E-state index contributed by atoms with van der Waals surface area (Å²) in [5.41, 5.74) is -0.703. The Morgan fingerprint density at radius 2 is 2.44 bits per heavy atom. The van der Waals surface area contributed by atoms with E-state index in [0.29, 0.717) is 0 Å². The maximum absolute atomic E-state index is 7.51. The molecule has 0 bridgehead atoms. The van der Waals surface area contributed by atoms with Gasteiger partial charge in [-0.15, -0.1) is 0 Å². The molecule has 0 saturated heterocycles. The minimum atomic E-state index is -2.78. The Labute approximate surface area is 64.8 Å². The molecule has 48 valence electrons. The van der Waals surface area contributed by atoms with Crippen molar-refractivity contribution < 1.29 is 18.4 Å². The standard InChI is InChI=1S/C7H8O2/c1-5-2-3-6(8)7(9)4-5/h2-4,8-9H,1H3/i1D3,2D,3D,4D/hD2. The van der Waals surface area contributed by atoms with Crippen LogP contribution in [0.2, 0.25) is 0 Å². The molecule has 2 nitrogen and oxygen atoms in total. The zero-order chi connectivity index (χ0) is 13.4. The summed E-state index contributed by atoms with van der Waals surface area (Å²) in [6.07, 6.45) is 0. The molecule has 0 amide bonds. The van der Waals surface area contributed by atoms with Crippen LogP contribution in [0.5, 0.6) is 11.5 Å². The van der Waals surface area contributed by atoms with E-state index in [2.05, 4.69) is 10.2 Å². The van der Waals surface area contributed by atoms with Crippen molar-refractivity contribution >= 4 is 0 Å². The number of hydrogen-bond acceptors (Lipinski definition) is 2. The SMILES string of the molecule is [2H]Oc1c([2H])c([2H])c(C([2H])([2H])[2H])c([2H])c1O[2H]. The third-order valence-corrected chi connectivity index (χ3v) is 0.746. The van der Waals surface area contributed by atoms with Crippen LogP contribution in [0, 0.1) is 6.85 Å². The van der Waals surface area contributed by atoms with Crippen LogP contribution in [-0.2, 0) is 0 Å². The molecule has 0 aliphatic heterocycles. The molecule has 0 aliphatic rings. The average Bonchev–Trinajstić information content (AvgIpc) is 2.21. The Bertz CT molecular complexity index is 441. The van der Waals surface area contributed by atoms with Crippen LogP contribution >= 0.6 is 0 Å². The molecule has 1 aromatic carbocycles. The molecule has 0 fully saturated rings. The van der Waals surface area contributed by atoms with E-state index in [1.165, 1.54) is 0 Å². The van der Waals surface area contributed by atoms with E-state index in [4.69, 9.17) is 11.1 Å². The molecule has 0 atom stereocenters. The van der Waals surface area contributed by atoms with Crippen LogP contribution in [0.1, 0.15) is 13.8 Å². The van der Waals surface area contributed by atoms with Crippen molar-refractivity contribution in [1.82, 2.24) is 0 Å². The topological polar surface area (TPSA) is 40.5 Å². The van der Waals surface area contributed by atoms with E-state index < -0.39 is 42.0 Å². The minimum Gasteiger partial charge on any atom is -0.504 e. The average molecular weight is 132 g/mol. The Hall–Kier alpha value is -1.18. The monoisotopic (exact) mass is 132 g/mol. The molecule has 0 radical (unpaired) electrons. The van der Waals surface area contributed by atoms with Gasteiger partial charge in [0.2, 0.25) is 0 Å². The van der Waals surface area contributed by atoms with Gasteiger partial charge in [-0.05, 0) is 24.5 Å². The smallest absolute Gasteiger partial charge is 0.293 e. The highest BCUT2D eigenvalue weighted by atomic mass is 16.3. The Morgan fingerprint density at radius 3 is 3.11 bits per heavy atom. The Kier molecular flexibility index (Phi) is 0.319. The lowest BCUT2D eigenvalue weighted by Crippen LogP contribution is -1.70. The first-order chi connectivity index (χ1) is 7.75. The zero-order valence-electron chi connectivity index (χ0n) is 12.3.